The number of furan rings is 1. The predicted octanol–water partition coefficient (Wildman–Crippen LogP) is 5.89. The van der Waals surface area contributed by atoms with Crippen LogP contribution < -0.4 is 5.56 Å². The molecule has 3 aromatic heterocycles. The second-order valence-electron chi connectivity index (χ2n) is 8.04. The maximum Gasteiger partial charge on any atom is 0.263 e. The van der Waals surface area contributed by atoms with Crippen LogP contribution in [0.25, 0.3) is 20.3 Å². The molecule has 0 saturated heterocycles. The Morgan fingerprint density at radius 1 is 1.09 bits per heavy atom. The van der Waals surface area contributed by atoms with Crippen molar-refractivity contribution in [2.45, 2.75) is 39.2 Å². The zero-order valence-electron chi connectivity index (χ0n) is 17.9. The molecule has 6 heteroatoms. The number of thiophene rings is 1. The fraction of sp³-hybridized carbons (Fsp3) is 0.231. The molecule has 0 aliphatic carbocycles. The molecule has 0 bridgehead atoms. The highest BCUT2D eigenvalue weighted by Gasteiger charge is 2.19. The topological polar surface area (TPSA) is 68.3 Å². The molecule has 32 heavy (non-hydrogen) atoms. The van der Waals surface area contributed by atoms with Gasteiger partial charge in [-0.15, -0.1) is 11.3 Å². The van der Waals surface area contributed by atoms with Crippen LogP contribution in [0.3, 0.4) is 0 Å². The van der Waals surface area contributed by atoms with Crippen LogP contribution in [0.2, 0.25) is 0 Å². The van der Waals surface area contributed by atoms with Crippen molar-refractivity contribution in [2.24, 2.45) is 0 Å². The van der Waals surface area contributed by atoms with E-state index in [1.807, 2.05) is 54.6 Å². The molecule has 0 unspecified atom stereocenters. The van der Waals surface area contributed by atoms with Gasteiger partial charge in [0.2, 0.25) is 0 Å². The number of rotatable bonds is 7. The Bertz CT molecular complexity index is 1430. The van der Waals surface area contributed by atoms with Crippen molar-refractivity contribution in [2.75, 3.05) is 0 Å². The number of hydrogen-bond donors (Lipinski definition) is 1. The second kappa shape index (κ2) is 8.63. The standard InChI is InChI=1S/C26H24N2O3S/c1-2-3-8-18-13-20-23-25(32-24(20)21(29)14-18)27-22(15-17-9-5-4-6-10-17)28(26(23)30)16-19-11-7-12-31-19/h4-7,9-14,29H,2-3,8,15-16H2,1H3. The van der Waals surface area contributed by atoms with E-state index < -0.39 is 0 Å². The highest BCUT2D eigenvalue weighted by atomic mass is 32.1. The smallest absolute Gasteiger partial charge is 0.263 e. The Morgan fingerprint density at radius 2 is 1.94 bits per heavy atom. The normalized spacial score (nSPS) is 11.5. The lowest BCUT2D eigenvalue weighted by Gasteiger charge is -2.12. The average molecular weight is 445 g/mol. The summed E-state index contributed by atoms with van der Waals surface area (Å²) in [4.78, 5) is 19.4. The van der Waals surface area contributed by atoms with Gasteiger partial charge in [-0.1, -0.05) is 43.7 Å². The van der Waals surface area contributed by atoms with E-state index in [0.717, 1.165) is 35.8 Å². The maximum atomic E-state index is 13.8. The predicted molar refractivity (Wildman–Crippen MR) is 129 cm³/mol. The van der Waals surface area contributed by atoms with E-state index in [1.54, 1.807) is 10.8 Å². The molecule has 0 saturated carbocycles. The fourth-order valence-electron chi connectivity index (χ4n) is 4.10. The summed E-state index contributed by atoms with van der Waals surface area (Å²) in [6, 6.07) is 17.6. The third kappa shape index (κ3) is 3.82. The van der Waals surface area contributed by atoms with Crippen molar-refractivity contribution in [1.29, 1.82) is 0 Å². The van der Waals surface area contributed by atoms with Crippen molar-refractivity contribution in [3.05, 3.63) is 93.9 Å². The number of aromatic hydroxyl groups is 1. The number of fused-ring (bicyclic) bond motifs is 3. The molecule has 2 aromatic carbocycles. The van der Waals surface area contributed by atoms with Crippen LogP contribution in [-0.2, 0) is 19.4 Å². The number of unbranched alkanes of at least 4 members (excludes halogenated alkanes) is 1. The molecular formula is C26H24N2O3S. The molecule has 5 aromatic rings. The zero-order valence-corrected chi connectivity index (χ0v) is 18.7. The van der Waals surface area contributed by atoms with E-state index in [9.17, 15) is 9.90 Å². The third-order valence-electron chi connectivity index (χ3n) is 5.73. The van der Waals surface area contributed by atoms with Gasteiger partial charge in [-0.2, -0.15) is 0 Å². The summed E-state index contributed by atoms with van der Waals surface area (Å²) in [5, 5.41) is 12.0. The van der Waals surface area contributed by atoms with E-state index in [1.165, 1.54) is 11.3 Å². The average Bonchev–Trinajstić information content (AvgIpc) is 3.44. The van der Waals surface area contributed by atoms with E-state index in [2.05, 4.69) is 6.92 Å². The molecule has 0 amide bonds. The van der Waals surface area contributed by atoms with Gasteiger partial charge in [0, 0.05) is 11.8 Å². The number of nitrogens with zero attached hydrogens (tertiary/aromatic N) is 2. The van der Waals surface area contributed by atoms with Crippen molar-refractivity contribution < 1.29 is 9.52 Å². The van der Waals surface area contributed by atoms with E-state index >= 15 is 0 Å². The molecule has 0 fully saturated rings. The molecule has 1 N–H and O–H groups in total. The molecule has 0 aliphatic heterocycles. The molecule has 5 rings (SSSR count). The summed E-state index contributed by atoms with van der Waals surface area (Å²) < 4.78 is 7.95. The number of aryl methyl sites for hydroxylation is 1. The van der Waals surface area contributed by atoms with Crippen molar-refractivity contribution in [3.8, 4) is 5.75 Å². The lowest BCUT2D eigenvalue weighted by molar-refractivity contribution is 0.481. The number of phenolic OH excluding ortho intramolecular Hbond substituents is 1. The molecule has 162 valence electrons. The lowest BCUT2D eigenvalue weighted by atomic mass is 10.0. The van der Waals surface area contributed by atoms with Crippen LogP contribution in [0.1, 0.15) is 42.5 Å². The Morgan fingerprint density at radius 3 is 2.69 bits per heavy atom. The molecular weight excluding hydrogens is 420 g/mol. The quantitative estimate of drug-likeness (QED) is 0.340. The fourth-order valence-corrected chi connectivity index (χ4v) is 5.18. The number of hydrogen-bond acceptors (Lipinski definition) is 5. The molecule has 5 nitrogen and oxygen atoms in total. The van der Waals surface area contributed by atoms with Crippen LogP contribution in [0, 0.1) is 0 Å². The molecule has 0 radical (unpaired) electrons. The van der Waals surface area contributed by atoms with Gasteiger partial charge in [0.05, 0.1) is 22.9 Å². The van der Waals surface area contributed by atoms with Crippen LogP contribution in [0.15, 0.2) is 70.1 Å². The largest absolute Gasteiger partial charge is 0.506 e. The Kier molecular flexibility index (Phi) is 5.53. The van der Waals surface area contributed by atoms with Gasteiger partial charge < -0.3 is 9.52 Å². The third-order valence-corrected chi connectivity index (χ3v) is 6.85. The second-order valence-corrected chi connectivity index (χ2v) is 9.04. The highest BCUT2D eigenvalue weighted by Crippen LogP contribution is 2.38. The van der Waals surface area contributed by atoms with Crippen molar-refractivity contribution >= 4 is 31.6 Å². The van der Waals surface area contributed by atoms with Gasteiger partial charge >= 0.3 is 0 Å². The maximum absolute atomic E-state index is 13.8. The van der Waals surface area contributed by atoms with Gasteiger partial charge in [0.25, 0.3) is 5.56 Å². The first-order valence-corrected chi connectivity index (χ1v) is 11.7. The number of aromatic nitrogens is 2. The highest BCUT2D eigenvalue weighted by molar-refractivity contribution is 7.25. The van der Waals surface area contributed by atoms with E-state index in [-0.39, 0.29) is 11.3 Å². The first kappa shape index (κ1) is 20.5. The number of benzene rings is 2. The van der Waals surface area contributed by atoms with Gasteiger partial charge in [-0.25, -0.2) is 4.98 Å². The van der Waals surface area contributed by atoms with Crippen LogP contribution in [0.4, 0.5) is 0 Å². The number of phenols is 1. The van der Waals surface area contributed by atoms with Crippen molar-refractivity contribution in [3.63, 3.8) is 0 Å². The van der Waals surface area contributed by atoms with Crippen LogP contribution in [-0.4, -0.2) is 14.7 Å². The van der Waals surface area contributed by atoms with E-state index in [0.29, 0.717) is 39.5 Å². The molecule has 3 heterocycles. The summed E-state index contributed by atoms with van der Waals surface area (Å²) in [5.41, 5.74) is 2.02. The minimum Gasteiger partial charge on any atom is -0.506 e. The van der Waals surface area contributed by atoms with Gasteiger partial charge in [-0.3, -0.25) is 9.36 Å². The first-order chi connectivity index (χ1) is 15.6. The Balaban J connectivity index is 1.73. The zero-order chi connectivity index (χ0) is 22.1. The summed E-state index contributed by atoms with van der Waals surface area (Å²) in [6.07, 6.45) is 5.13. The summed E-state index contributed by atoms with van der Waals surface area (Å²) in [7, 11) is 0. The van der Waals surface area contributed by atoms with E-state index in [4.69, 9.17) is 9.40 Å². The minimum absolute atomic E-state index is 0.101. The molecule has 0 spiro atoms. The molecule has 0 atom stereocenters. The summed E-state index contributed by atoms with van der Waals surface area (Å²) in [6.45, 7) is 2.46. The summed E-state index contributed by atoms with van der Waals surface area (Å²) >= 11 is 1.38. The molecule has 0 aliphatic rings. The SMILES string of the molecule is CCCCc1cc(O)c2sc3nc(Cc4ccccc4)n(Cc4ccco4)c(=O)c3c2c1. The Labute approximate surface area is 189 Å². The monoisotopic (exact) mass is 444 g/mol. The first-order valence-electron chi connectivity index (χ1n) is 10.9. The van der Waals surface area contributed by atoms with Gasteiger partial charge in [0.15, 0.2) is 0 Å². The van der Waals surface area contributed by atoms with Gasteiger partial charge in [-0.05, 0) is 48.2 Å². The van der Waals surface area contributed by atoms with Gasteiger partial charge in [0.1, 0.15) is 22.2 Å². The lowest BCUT2D eigenvalue weighted by Crippen LogP contribution is -2.25. The minimum atomic E-state index is -0.101. The van der Waals surface area contributed by atoms with Crippen LogP contribution >= 0.6 is 11.3 Å². The summed E-state index contributed by atoms with van der Waals surface area (Å²) in [5.74, 6) is 1.61. The Hall–Kier alpha value is -3.38. The van der Waals surface area contributed by atoms with Crippen molar-refractivity contribution in [1.82, 2.24) is 9.55 Å². The van der Waals surface area contributed by atoms with Crippen LogP contribution in [0.5, 0.6) is 5.75 Å².